The molecule has 0 saturated carbocycles. The molecule has 0 bridgehead atoms. The van der Waals surface area contributed by atoms with Crippen molar-refractivity contribution in [3.63, 3.8) is 0 Å². The van der Waals surface area contributed by atoms with Crippen molar-refractivity contribution in [1.29, 1.82) is 0 Å². The molecule has 0 aliphatic rings. The predicted octanol–water partition coefficient (Wildman–Crippen LogP) is 2.88. The van der Waals surface area contributed by atoms with Gasteiger partial charge in [0.15, 0.2) is 0 Å². The molecule has 0 aromatic carbocycles. The monoisotopic (exact) mass is 198 g/mol. The molecule has 13 heavy (non-hydrogen) atoms. The minimum absolute atomic E-state index is 0.421. The highest BCUT2D eigenvalue weighted by molar-refractivity contribution is 7.09. The molecule has 1 aromatic rings. The second kappa shape index (κ2) is 6.11. The van der Waals surface area contributed by atoms with Crippen molar-refractivity contribution < 1.29 is 4.74 Å². The fraction of sp³-hybridized carbons (Fsp3) is 0.600. The third-order valence-electron chi connectivity index (χ3n) is 1.78. The molecule has 73 valence electrons. The predicted molar refractivity (Wildman–Crippen MR) is 55.9 cm³/mol. The summed E-state index contributed by atoms with van der Waals surface area (Å²) in [4.78, 5) is 4.24. The summed E-state index contributed by atoms with van der Waals surface area (Å²) in [5.41, 5.74) is 0. The van der Waals surface area contributed by atoms with Gasteiger partial charge in [-0.1, -0.05) is 20.3 Å². The van der Waals surface area contributed by atoms with Gasteiger partial charge in [-0.15, -0.1) is 11.3 Å². The fourth-order valence-electron chi connectivity index (χ4n) is 1.01. The van der Waals surface area contributed by atoms with Crippen LogP contribution in [0.2, 0.25) is 0 Å². The van der Waals surface area contributed by atoms with Gasteiger partial charge < -0.3 is 4.74 Å². The maximum atomic E-state index is 5.49. The van der Waals surface area contributed by atoms with Crippen LogP contribution in [-0.4, -0.2) is 18.2 Å². The zero-order valence-corrected chi connectivity index (χ0v) is 8.85. The van der Waals surface area contributed by atoms with E-state index < -0.39 is 0 Å². The van der Waals surface area contributed by atoms with Gasteiger partial charge in [0.2, 0.25) is 0 Å². The molecule has 1 heterocycles. The Morgan fingerprint density at radius 3 is 3.15 bits per heavy atom. The van der Waals surface area contributed by atoms with Gasteiger partial charge in [0, 0.05) is 24.1 Å². The average Bonchev–Trinajstić information content (AvgIpc) is 2.65. The molecular weight excluding hydrogens is 182 g/mol. The van der Waals surface area contributed by atoms with Crippen molar-refractivity contribution in [3.05, 3.63) is 23.5 Å². The van der Waals surface area contributed by atoms with E-state index in [1.54, 1.807) is 11.3 Å². The van der Waals surface area contributed by atoms with Gasteiger partial charge in [-0.05, 0) is 6.42 Å². The van der Waals surface area contributed by atoms with E-state index >= 15 is 0 Å². The first-order valence-corrected chi connectivity index (χ1v) is 5.49. The van der Waals surface area contributed by atoms with E-state index in [4.69, 9.17) is 4.74 Å². The molecule has 0 aliphatic carbocycles. The molecule has 0 N–H and O–H groups in total. The van der Waals surface area contributed by atoms with Gasteiger partial charge >= 0.3 is 0 Å². The maximum Gasteiger partial charge on any atom is 0.0976 e. The van der Waals surface area contributed by atoms with Crippen molar-refractivity contribution in [2.45, 2.75) is 25.7 Å². The Bertz CT molecular complexity index is 211. The first-order chi connectivity index (χ1) is 6.34. The van der Waals surface area contributed by atoms with Crippen LogP contribution in [0.25, 0.3) is 0 Å². The minimum atomic E-state index is 0.421. The van der Waals surface area contributed by atoms with Crippen LogP contribution in [0.3, 0.4) is 0 Å². The Morgan fingerprint density at radius 2 is 2.54 bits per heavy atom. The molecule has 1 radical (unpaired) electrons. The summed E-state index contributed by atoms with van der Waals surface area (Å²) in [7, 11) is 0. The van der Waals surface area contributed by atoms with Gasteiger partial charge in [-0.3, -0.25) is 0 Å². The standard InChI is InChI=1S/C10H16NOS/c1-3-4-6-12-8-9(2)10-11-5-7-13-10/h5,7,9H,1,3-4,6,8H2,2H3. The number of ether oxygens (including phenoxy) is 1. The molecule has 0 fully saturated rings. The third-order valence-corrected chi connectivity index (χ3v) is 2.79. The maximum absolute atomic E-state index is 5.49. The largest absolute Gasteiger partial charge is 0.381 e. The highest BCUT2D eigenvalue weighted by Crippen LogP contribution is 2.17. The van der Waals surface area contributed by atoms with Crippen molar-refractivity contribution in [2.75, 3.05) is 13.2 Å². The summed E-state index contributed by atoms with van der Waals surface area (Å²) in [5.74, 6) is 0.421. The van der Waals surface area contributed by atoms with Crippen LogP contribution in [0.5, 0.6) is 0 Å². The molecule has 1 unspecified atom stereocenters. The Hall–Kier alpha value is -0.410. The first-order valence-electron chi connectivity index (χ1n) is 4.61. The number of nitrogens with zero attached hydrogens (tertiary/aromatic N) is 1. The summed E-state index contributed by atoms with van der Waals surface area (Å²) >= 11 is 1.69. The smallest absolute Gasteiger partial charge is 0.0976 e. The summed E-state index contributed by atoms with van der Waals surface area (Å²) < 4.78 is 5.49. The molecule has 2 nitrogen and oxygen atoms in total. The molecule has 1 atom stereocenters. The lowest BCUT2D eigenvalue weighted by molar-refractivity contribution is 0.121. The second-order valence-electron chi connectivity index (χ2n) is 3.05. The summed E-state index contributed by atoms with van der Waals surface area (Å²) in [5, 5.41) is 3.16. The van der Waals surface area contributed by atoms with Crippen molar-refractivity contribution in [1.82, 2.24) is 4.98 Å². The molecule has 3 heteroatoms. The van der Waals surface area contributed by atoms with E-state index in [-0.39, 0.29) is 0 Å². The molecule has 0 amide bonds. The summed E-state index contributed by atoms with van der Waals surface area (Å²) in [6.45, 7) is 7.49. The lowest BCUT2D eigenvalue weighted by Crippen LogP contribution is -2.04. The van der Waals surface area contributed by atoms with E-state index in [0.717, 1.165) is 31.1 Å². The molecule has 1 aromatic heterocycles. The first kappa shape index (κ1) is 10.7. The van der Waals surface area contributed by atoms with Crippen molar-refractivity contribution in [3.8, 4) is 0 Å². The molecule has 0 saturated heterocycles. The SMILES string of the molecule is [CH2]CCCOCC(C)c1nccs1. The van der Waals surface area contributed by atoms with E-state index in [0.29, 0.717) is 5.92 Å². The van der Waals surface area contributed by atoms with Crippen LogP contribution in [0.15, 0.2) is 11.6 Å². The highest BCUT2D eigenvalue weighted by atomic mass is 32.1. The number of hydrogen-bond acceptors (Lipinski definition) is 3. The highest BCUT2D eigenvalue weighted by Gasteiger charge is 2.07. The molecular formula is C10H16NOS. The zero-order chi connectivity index (χ0) is 9.52. The normalized spacial score (nSPS) is 13.1. The summed E-state index contributed by atoms with van der Waals surface area (Å²) in [6.07, 6.45) is 3.84. The zero-order valence-electron chi connectivity index (χ0n) is 8.03. The molecule has 0 aliphatic heterocycles. The third kappa shape index (κ3) is 3.87. The van der Waals surface area contributed by atoms with E-state index in [9.17, 15) is 0 Å². The molecule has 1 rings (SSSR count). The Kier molecular flexibility index (Phi) is 5.01. The van der Waals surface area contributed by atoms with E-state index in [1.807, 2.05) is 11.6 Å². The van der Waals surface area contributed by atoms with Crippen LogP contribution in [0.4, 0.5) is 0 Å². The van der Waals surface area contributed by atoms with Crippen LogP contribution >= 0.6 is 11.3 Å². The van der Waals surface area contributed by atoms with Gasteiger partial charge in [-0.2, -0.15) is 0 Å². The van der Waals surface area contributed by atoms with Crippen LogP contribution in [0.1, 0.15) is 30.7 Å². The topological polar surface area (TPSA) is 22.1 Å². The Labute approximate surface area is 84.0 Å². The van der Waals surface area contributed by atoms with E-state index in [1.165, 1.54) is 0 Å². The summed E-state index contributed by atoms with van der Waals surface area (Å²) in [6, 6.07) is 0. The van der Waals surface area contributed by atoms with Crippen LogP contribution in [0, 0.1) is 6.92 Å². The molecule has 0 spiro atoms. The van der Waals surface area contributed by atoms with Gasteiger partial charge in [-0.25, -0.2) is 4.98 Å². The number of rotatable bonds is 6. The van der Waals surface area contributed by atoms with Crippen LogP contribution < -0.4 is 0 Å². The van der Waals surface area contributed by atoms with Crippen LogP contribution in [-0.2, 0) is 4.74 Å². The van der Waals surface area contributed by atoms with Crippen molar-refractivity contribution >= 4 is 11.3 Å². The lowest BCUT2D eigenvalue weighted by Gasteiger charge is -2.08. The number of aromatic nitrogens is 1. The Morgan fingerprint density at radius 1 is 1.69 bits per heavy atom. The Balaban J connectivity index is 2.15. The van der Waals surface area contributed by atoms with Gasteiger partial charge in [0.25, 0.3) is 0 Å². The average molecular weight is 198 g/mol. The number of unbranched alkanes of at least 4 members (excludes halogenated alkanes) is 1. The fourth-order valence-corrected chi connectivity index (χ4v) is 1.70. The second-order valence-corrected chi connectivity index (χ2v) is 3.98. The van der Waals surface area contributed by atoms with Gasteiger partial charge in [0.1, 0.15) is 0 Å². The minimum Gasteiger partial charge on any atom is -0.381 e. The van der Waals surface area contributed by atoms with Gasteiger partial charge in [0.05, 0.1) is 11.6 Å². The lowest BCUT2D eigenvalue weighted by atomic mass is 10.2. The number of thiazole rings is 1. The van der Waals surface area contributed by atoms with E-state index in [2.05, 4.69) is 18.8 Å². The number of hydrogen-bond donors (Lipinski definition) is 0. The van der Waals surface area contributed by atoms with Crippen molar-refractivity contribution in [2.24, 2.45) is 0 Å². The quantitative estimate of drug-likeness (QED) is 0.656.